The van der Waals surface area contributed by atoms with Gasteiger partial charge in [0.1, 0.15) is 0 Å². The van der Waals surface area contributed by atoms with E-state index in [9.17, 15) is 14.4 Å². The minimum absolute atomic E-state index is 0. The molecule has 0 aliphatic rings. The van der Waals surface area contributed by atoms with E-state index < -0.39 is 21.0 Å². The maximum atomic E-state index is 9.53. The SMILES string of the molecule is O=P([O-])([O-])OCCO.[Na+].[Na+]. The molecule has 0 atom stereocenters. The minimum atomic E-state index is -4.84. The fraction of sp³-hybridized carbons (Fsp3) is 1.00. The quantitative estimate of drug-likeness (QED) is 0.349. The summed E-state index contributed by atoms with van der Waals surface area (Å²) in [7, 11) is -4.84. The summed E-state index contributed by atoms with van der Waals surface area (Å²) in [5.41, 5.74) is 0. The number of aliphatic hydroxyl groups excluding tert-OH is 1. The summed E-state index contributed by atoms with van der Waals surface area (Å²) in [4.78, 5) is 19.1. The Morgan fingerprint density at radius 3 is 1.90 bits per heavy atom. The molecule has 5 nitrogen and oxygen atoms in total. The van der Waals surface area contributed by atoms with Crippen LogP contribution in [0.1, 0.15) is 0 Å². The molecule has 0 rings (SSSR count). The van der Waals surface area contributed by atoms with Crippen molar-refractivity contribution >= 4 is 7.82 Å². The molecule has 0 radical (unpaired) electrons. The van der Waals surface area contributed by atoms with E-state index in [4.69, 9.17) is 5.11 Å². The van der Waals surface area contributed by atoms with Crippen molar-refractivity contribution in [1.29, 1.82) is 0 Å². The predicted octanol–water partition coefficient (Wildman–Crippen LogP) is -8.17. The number of hydrogen-bond acceptors (Lipinski definition) is 5. The Morgan fingerprint density at radius 1 is 1.40 bits per heavy atom. The van der Waals surface area contributed by atoms with E-state index in [1.54, 1.807) is 0 Å². The molecule has 0 aromatic rings. The Morgan fingerprint density at radius 2 is 1.80 bits per heavy atom. The van der Waals surface area contributed by atoms with Crippen molar-refractivity contribution in [1.82, 2.24) is 0 Å². The molecular formula is C2H5Na2O5P. The smallest absolute Gasteiger partial charge is 0.790 e. The van der Waals surface area contributed by atoms with Gasteiger partial charge >= 0.3 is 59.1 Å². The van der Waals surface area contributed by atoms with E-state index in [0.29, 0.717) is 0 Å². The number of aliphatic hydroxyl groups is 1. The normalized spacial score (nSPS) is 9.50. The summed E-state index contributed by atoms with van der Waals surface area (Å²) in [5, 5.41) is 7.91. The first-order valence-corrected chi connectivity index (χ1v) is 3.30. The van der Waals surface area contributed by atoms with E-state index in [-0.39, 0.29) is 59.1 Å². The maximum absolute atomic E-state index is 9.53. The monoisotopic (exact) mass is 186 g/mol. The second-order valence-electron chi connectivity index (χ2n) is 1.00. The fourth-order valence-electron chi connectivity index (χ4n) is 0.153. The van der Waals surface area contributed by atoms with Crippen LogP contribution >= 0.6 is 7.82 Å². The number of hydrogen-bond donors (Lipinski definition) is 1. The molecule has 0 aliphatic heterocycles. The molecule has 0 aromatic heterocycles. The molecule has 10 heavy (non-hydrogen) atoms. The Labute approximate surface area is 103 Å². The Bertz CT molecular complexity index is 102. The third kappa shape index (κ3) is 16.6. The first-order valence-electron chi connectivity index (χ1n) is 1.84. The molecule has 1 N–H and O–H groups in total. The summed E-state index contributed by atoms with van der Waals surface area (Å²) in [6, 6.07) is 0. The topological polar surface area (TPSA) is 92.7 Å². The van der Waals surface area contributed by atoms with Gasteiger partial charge in [0.15, 0.2) is 0 Å². The molecule has 0 unspecified atom stereocenters. The molecule has 0 saturated heterocycles. The summed E-state index contributed by atoms with van der Waals surface area (Å²) >= 11 is 0. The maximum Gasteiger partial charge on any atom is 1.00 e. The third-order valence-corrected chi connectivity index (χ3v) is 0.839. The van der Waals surface area contributed by atoms with Gasteiger partial charge in [0.25, 0.3) is 0 Å². The molecule has 0 saturated carbocycles. The van der Waals surface area contributed by atoms with Crippen molar-refractivity contribution in [3.8, 4) is 0 Å². The van der Waals surface area contributed by atoms with E-state index in [1.165, 1.54) is 0 Å². The van der Waals surface area contributed by atoms with E-state index >= 15 is 0 Å². The standard InChI is InChI=1S/C2H7O5P.2Na/c3-1-2-7-8(4,5)6;;/h3H,1-2H2,(H2,4,5,6);;/q;2*+1/p-2. The van der Waals surface area contributed by atoms with Crippen molar-refractivity contribution in [3.05, 3.63) is 0 Å². The largest absolute Gasteiger partial charge is 1.00 e. The van der Waals surface area contributed by atoms with E-state index in [1.807, 2.05) is 0 Å². The van der Waals surface area contributed by atoms with Crippen molar-refractivity contribution in [2.24, 2.45) is 0 Å². The van der Waals surface area contributed by atoms with Gasteiger partial charge in [-0.05, 0) is 0 Å². The van der Waals surface area contributed by atoms with Crippen LogP contribution in [-0.2, 0) is 9.09 Å². The molecular weight excluding hydrogens is 181 g/mol. The summed E-state index contributed by atoms with van der Waals surface area (Å²) < 4.78 is 13.1. The molecule has 0 spiro atoms. The van der Waals surface area contributed by atoms with Gasteiger partial charge in [-0.25, -0.2) is 0 Å². The van der Waals surface area contributed by atoms with Crippen molar-refractivity contribution < 1.29 is 83.1 Å². The average Bonchev–Trinajstić information content (AvgIpc) is 1.59. The van der Waals surface area contributed by atoms with Crippen LogP contribution in [-0.4, -0.2) is 18.3 Å². The zero-order chi connectivity index (χ0) is 6.62. The zero-order valence-electron chi connectivity index (χ0n) is 5.94. The van der Waals surface area contributed by atoms with Crippen LogP contribution < -0.4 is 68.9 Å². The molecule has 0 aromatic carbocycles. The van der Waals surface area contributed by atoms with Gasteiger partial charge in [-0.2, -0.15) is 0 Å². The number of phosphoric acid groups is 1. The Balaban J connectivity index is -0.000000245. The molecule has 0 amide bonds. The third-order valence-electron chi connectivity index (χ3n) is 0.341. The van der Waals surface area contributed by atoms with Crippen molar-refractivity contribution in [3.63, 3.8) is 0 Å². The molecule has 0 bridgehead atoms. The molecule has 0 aliphatic carbocycles. The van der Waals surface area contributed by atoms with Crippen LogP contribution in [0.4, 0.5) is 0 Å². The zero-order valence-corrected chi connectivity index (χ0v) is 10.8. The first kappa shape index (κ1) is 18.0. The van der Waals surface area contributed by atoms with Crippen LogP contribution in [0.25, 0.3) is 0 Å². The number of rotatable bonds is 3. The number of phosphoric ester groups is 1. The van der Waals surface area contributed by atoms with Crippen LogP contribution in [0, 0.1) is 0 Å². The molecule has 0 fully saturated rings. The summed E-state index contributed by atoms with van der Waals surface area (Å²) in [6.07, 6.45) is 0. The molecule has 8 heteroatoms. The van der Waals surface area contributed by atoms with Crippen LogP contribution in [0.3, 0.4) is 0 Å². The first-order chi connectivity index (χ1) is 3.56. The van der Waals surface area contributed by atoms with Gasteiger partial charge in [-0.1, -0.05) is 0 Å². The van der Waals surface area contributed by atoms with Gasteiger partial charge < -0.3 is 24.0 Å². The van der Waals surface area contributed by atoms with Crippen molar-refractivity contribution in [2.75, 3.05) is 13.2 Å². The fourth-order valence-corrected chi connectivity index (χ4v) is 0.458. The van der Waals surface area contributed by atoms with E-state index in [2.05, 4.69) is 4.52 Å². The predicted molar refractivity (Wildman–Crippen MR) is 20.6 cm³/mol. The van der Waals surface area contributed by atoms with Gasteiger partial charge in [0, 0.05) is 0 Å². The second kappa shape index (κ2) is 9.16. The van der Waals surface area contributed by atoms with Crippen molar-refractivity contribution in [2.45, 2.75) is 0 Å². The Kier molecular flexibility index (Phi) is 16.5. The van der Waals surface area contributed by atoms with E-state index in [0.717, 1.165) is 0 Å². The summed E-state index contributed by atoms with van der Waals surface area (Å²) in [6.45, 7) is -0.918. The van der Waals surface area contributed by atoms with Gasteiger partial charge in [-0.15, -0.1) is 0 Å². The minimum Gasteiger partial charge on any atom is -0.790 e. The van der Waals surface area contributed by atoms with Gasteiger partial charge in [0.05, 0.1) is 21.0 Å². The molecule has 0 heterocycles. The van der Waals surface area contributed by atoms with Crippen LogP contribution in [0.2, 0.25) is 0 Å². The average molecular weight is 186 g/mol. The molecule has 50 valence electrons. The van der Waals surface area contributed by atoms with Crippen LogP contribution in [0.15, 0.2) is 0 Å². The Hall–Kier alpha value is 2.07. The van der Waals surface area contributed by atoms with Crippen LogP contribution in [0.5, 0.6) is 0 Å². The second-order valence-corrected chi connectivity index (χ2v) is 2.16. The van der Waals surface area contributed by atoms with Gasteiger partial charge in [-0.3, -0.25) is 0 Å². The van der Waals surface area contributed by atoms with Gasteiger partial charge in [0.2, 0.25) is 0 Å². The summed E-state index contributed by atoms with van der Waals surface area (Å²) in [5.74, 6) is 0.